The first kappa shape index (κ1) is 11.9. The van der Waals surface area contributed by atoms with E-state index in [1.165, 1.54) is 0 Å². The van der Waals surface area contributed by atoms with E-state index in [9.17, 15) is 31.1 Å². The Bertz CT molecular complexity index is 257. The van der Waals surface area contributed by atoms with Gasteiger partial charge in [-0.15, -0.1) is 0 Å². The van der Waals surface area contributed by atoms with Gasteiger partial charge in [-0.2, -0.15) is 26.3 Å². The summed E-state index contributed by atoms with van der Waals surface area (Å²) in [6.45, 7) is -1.38. The van der Waals surface area contributed by atoms with E-state index in [2.05, 4.69) is 9.47 Å². The van der Waals surface area contributed by atoms with Crippen LogP contribution in [0.1, 0.15) is 0 Å². The minimum atomic E-state index is -5.26. The summed E-state index contributed by atoms with van der Waals surface area (Å²) in [6, 6.07) is 0. The largest absolute Gasteiger partial charge is 0.508 e. The lowest BCUT2D eigenvalue weighted by Crippen LogP contribution is -2.51. The van der Waals surface area contributed by atoms with Crippen molar-refractivity contribution in [1.82, 2.24) is 0 Å². The quantitative estimate of drug-likeness (QED) is 0.479. The lowest BCUT2D eigenvalue weighted by Gasteiger charge is -2.32. The van der Waals surface area contributed by atoms with Crippen LogP contribution in [0.15, 0.2) is 0 Å². The summed E-state index contributed by atoms with van der Waals surface area (Å²) in [5, 5.41) is 0. The van der Waals surface area contributed by atoms with Crippen molar-refractivity contribution in [3.8, 4) is 0 Å². The number of ether oxygens (including phenoxy) is 2. The Morgan fingerprint density at radius 1 is 1.07 bits per heavy atom. The molecule has 1 heterocycles. The van der Waals surface area contributed by atoms with Crippen LogP contribution in [0.5, 0.6) is 0 Å². The highest BCUT2D eigenvalue weighted by Crippen LogP contribution is 2.40. The van der Waals surface area contributed by atoms with E-state index in [0.717, 1.165) is 0 Å². The third-order valence-electron chi connectivity index (χ3n) is 1.71. The SMILES string of the molecule is O=C1OCC(C(F)(F)F)C(C(F)(F)F)O1. The second kappa shape index (κ2) is 3.46. The van der Waals surface area contributed by atoms with Gasteiger partial charge in [-0.05, 0) is 0 Å². The monoisotopic (exact) mass is 238 g/mol. The van der Waals surface area contributed by atoms with Gasteiger partial charge in [0.1, 0.15) is 12.5 Å². The van der Waals surface area contributed by atoms with Crippen molar-refractivity contribution in [3.05, 3.63) is 0 Å². The van der Waals surface area contributed by atoms with Crippen LogP contribution in [-0.2, 0) is 9.47 Å². The molecule has 1 fully saturated rings. The molecule has 2 atom stereocenters. The van der Waals surface area contributed by atoms with Gasteiger partial charge in [0.25, 0.3) is 0 Å². The Balaban J connectivity index is 2.90. The van der Waals surface area contributed by atoms with E-state index in [4.69, 9.17) is 0 Å². The fourth-order valence-corrected chi connectivity index (χ4v) is 1.03. The Morgan fingerprint density at radius 2 is 1.60 bits per heavy atom. The maximum Gasteiger partial charge on any atom is 0.508 e. The zero-order valence-electron chi connectivity index (χ0n) is 6.85. The maximum atomic E-state index is 12.1. The Morgan fingerprint density at radius 3 is 2.00 bits per heavy atom. The second-order valence-electron chi connectivity index (χ2n) is 2.79. The van der Waals surface area contributed by atoms with Gasteiger partial charge in [-0.3, -0.25) is 0 Å². The standard InChI is InChI=1S/C6H4F6O3/c7-5(8,9)2-1-14-4(13)15-3(2)6(10,11)12/h2-3H,1H2. The molecule has 88 valence electrons. The van der Waals surface area contributed by atoms with Crippen molar-refractivity contribution in [1.29, 1.82) is 0 Å². The van der Waals surface area contributed by atoms with Gasteiger partial charge in [-0.25, -0.2) is 4.79 Å². The molecule has 0 aromatic heterocycles. The molecular weight excluding hydrogens is 234 g/mol. The third kappa shape index (κ3) is 2.66. The molecule has 15 heavy (non-hydrogen) atoms. The number of alkyl halides is 6. The molecule has 1 rings (SSSR count). The van der Waals surface area contributed by atoms with Crippen LogP contribution in [0.25, 0.3) is 0 Å². The molecule has 2 unspecified atom stereocenters. The maximum absolute atomic E-state index is 12.1. The van der Waals surface area contributed by atoms with Crippen molar-refractivity contribution in [2.24, 2.45) is 5.92 Å². The molecule has 3 nitrogen and oxygen atoms in total. The zero-order valence-corrected chi connectivity index (χ0v) is 6.85. The van der Waals surface area contributed by atoms with Crippen molar-refractivity contribution in [2.45, 2.75) is 18.5 Å². The highest BCUT2D eigenvalue weighted by molar-refractivity contribution is 5.61. The van der Waals surface area contributed by atoms with Gasteiger partial charge in [0.2, 0.25) is 6.10 Å². The summed E-state index contributed by atoms with van der Waals surface area (Å²) in [6.07, 6.45) is -15.3. The molecule has 1 saturated heterocycles. The van der Waals surface area contributed by atoms with Gasteiger partial charge in [0, 0.05) is 0 Å². The van der Waals surface area contributed by atoms with Crippen LogP contribution in [-0.4, -0.2) is 31.2 Å². The number of hydrogen-bond acceptors (Lipinski definition) is 3. The van der Waals surface area contributed by atoms with E-state index in [1.54, 1.807) is 0 Å². The smallest absolute Gasteiger partial charge is 0.433 e. The van der Waals surface area contributed by atoms with Gasteiger partial charge >= 0.3 is 18.5 Å². The molecule has 0 bridgehead atoms. The topological polar surface area (TPSA) is 35.5 Å². The number of carbonyl (C=O) groups is 1. The van der Waals surface area contributed by atoms with Crippen LogP contribution in [0.3, 0.4) is 0 Å². The van der Waals surface area contributed by atoms with Crippen LogP contribution in [0, 0.1) is 5.92 Å². The minimum Gasteiger partial charge on any atom is -0.433 e. The summed E-state index contributed by atoms with van der Waals surface area (Å²) in [7, 11) is 0. The molecule has 0 saturated carbocycles. The van der Waals surface area contributed by atoms with E-state index < -0.39 is 37.1 Å². The Hall–Kier alpha value is -1.15. The summed E-state index contributed by atoms with van der Waals surface area (Å²) < 4.78 is 79.7. The minimum absolute atomic E-state index is 1.38. The van der Waals surface area contributed by atoms with Crippen molar-refractivity contribution in [3.63, 3.8) is 0 Å². The fraction of sp³-hybridized carbons (Fsp3) is 0.833. The normalized spacial score (nSPS) is 28.3. The third-order valence-corrected chi connectivity index (χ3v) is 1.71. The molecule has 0 N–H and O–H groups in total. The fourth-order valence-electron chi connectivity index (χ4n) is 1.03. The first-order valence-corrected chi connectivity index (χ1v) is 3.59. The average Bonchev–Trinajstić information content (AvgIpc) is 2.00. The molecular formula is C6H4F6O3. The second-order valence-corrected chi connectivity index (χ2v) is 2.79. The number of hydrogen-bond donors (Lipinski definition) is 0. The average molecular weight is 238 g/mol. The molecule has 0 amide bonds. The summed E-state index contributed by atoms with van der Waals surface area (Å²) in [5.41, 5.74) is 0. The summed E-state index contributed by atoms with van der Waals surface area (Å²) in [4.78, 5) is 10.3. The Labute approximate surface area is 78.9 Å². The van der Waals surface area contributed by atoms with Crippen LogP contribution >= 0.6 is 0 Å². The lowest BCUT2D eigenvalue weighted by molar-refractivity contribution is -0.297. The highest BCUT2D eigenvalue weighted by atomic mass is 19.4. The van der Waals surface area contributed by atoms with Gasteiger partial charge in [0.15, 0.2) is 0 Å². The van der Waals surface area contributed by atoms with E-state index in [0.29, 0.717) is 0 Å². The molecule has 0 aromatic rings. The van der Waals surface area contributed by atoms with Gasteiger partial charge < -0.3 is 9.47 Å². The molecule has 0 aromatic carbocycles. The number of cyclic esters (lactones) is 2. The van der Waals surface area contributed by atoms with Crippen molar-refractivity contribution >= 4 is 6.16 Å². The van der Waals surface area contributed by atoms with E-state index in [1.807, 2.05) is 0 Å². The molecule has 0 spiro atoms. The van der Waals surface area contributed by atoms with Crippen LogP contribution < -0.4 is 0 Å². The number of halogens is 6. The molecule has 1 aliphatic heterocycles. The predicted octanol–water partition coefficient (Wildman–Crippen LogP) is 2.26. The van der Waals surface area contributed by atoms with E-state index >= 15 is 0 Å². The predicted molar refractivity (Wildman–Crippen MR) is 31.8 cm³/mol. The summed E-state index contributed by atoms with van der Waals surface area (Å²) in [5.74, 6) is -2.88. The van der Waals surface area contributed by atoms with Crippen LogP contribution in [0.2, 0.25) is 0 Å². The molecule has 0 radical (unpaired) electrons. The van der Waals surface area contributed by atoms with Crippen molar-refractivity contribution in [2.75, 3.05) is 6.61 Å². The zero-order chi connectivity index (χ0) is 11.9. The highest BCUT2D eigenvalue weighted by Gasteiger charge is 2.60. The Kier molecular flexibility index (Phi) is 2.75. The van der Waals surface area contributed by atoms with Gasteiger partial charge in [0.05, 0.1) is 0 Å². The van der Waals surface area contributed by atoms with E-state index in [-0.39, 0.29) is 0 Å². The molecule has 1 aliphatic rings. The van der Waals surface area contributed by atoms with Crippen molar-refractivity contribution < 1.29 is 40.6 Å². The number of carbonyl (C=O) groups excluding carboxylic acids is 1. The first-order chi connectivity index (χ1) is 6.62. The molecule has 9 heteroatoms. The number of rotatable bonds is 0. The first-order valence-electron chi connectivity index (χ1n) is 3.59. The summed E-state index contributed by atoms with van der Waals surface area (Å²) >= 11 is 0. The lowest BCUT2D eigenvalue weighted by atomic mass is 10.0. The molecule has 0 aliphatic carbocycles. The van der Waals surface area contributed by atoms with Crippen LogP contribution in [0.4, 0.5) is 31.1 Å². The van der Waals surface area contributed by atoms with Gasteiger partial charge in [-0.1, -0.05) is 0 Å².